The first-order chi connectivity index (χ1) is 9.50. The summed E-state index contributed by atoms with van der Waals surface area (Å²) in [4.78, 5) is 23.4. The molecule has 2 aromatic rings. The molecule has 102 valence electrons. The van der Waals surface area contributed by atoms with Gasteiger partial charge < -0.3 is 4.18 Å². The summed E-state index contributed by atoms with van der Waals surface area (Å²) in [6.45, 7) is 0. The fourth-order valence-corrected chi connectivity index (χ4v) is 2.27. The highest BCUT2D eigenvalue weighted by Crippen LogP contribution is 2.10. The Morgan fingerprint density at radius 3 is 1.70 bits per heavy atom. The molecule has 0 aliphatic heterocycles. The van der Waals surface area contributed by atoms with Crippen molar-refractivity contribution in [1.29, 1.82) is 0 Å². The van der Waals surface area contributed by atoms with Crippen LogP contribution >= 0.6 is 0 Å². The molecule has 0 amide bonds. The monoisotopic (exact) mass is 290 g/mol. The van der Waals surface area contributed by atoms with Crippen LogP contribution in [-0.2, 0) is 14.3 Å². The third-order valence-corrected chi connectivity index (χ3v) is 3.49. The molecule has 0 radical (unpaired) electrons. The van der Waals surface area contributed by atoms with E-state index in [-0.39, 0.29) is 11.1 Å². The first kappa shape index (κ1) is 14.0. The van der Waals surface area contributed by atoms with E-state index in [1.54, 1.807) is 24.3 Å². The standard InChI is InChI=1S/C14H10O5S/c15-13(11-7-3-1-4-8-11)19-20(17,18)14(16)12-9-5-2-6-10-12/h1-10H. The molecule has 0 saturated carbocycles. The molecule has 0 aromatic heterocycles. The zero-order valence-corrected chi connectivity index (χ0v) is 11.0. The lowest BCUT2D eigenvalue weighted by molar-refractivity contribution is 0.0735. The van der Waals surface area contributed by atoms with E-state index in [0.29, 0.717) is 0 Å². The Bertz CT molecular complexity index is 721. The fraction of sp³-hybridized carbons (Fsp3) is 0. The first-order valence-electron chi connectivity index (χ1n) is 5.64. The minimum Gasteiger partial charge on any atom is -0.335 e. The number of benzene rings is 2. The smallest absolute Gasteiger partial charge is 0.335 e. The van der Waals surface area contributed by atoms with Crippen molar-refractivity contribution in [3.63, 3.8) is 0 Å². The van der Waals surface area contributed by atoms with E-state index in [4.69, 9.17) is 0 Å². The van der Waals surface area contributed by atoms with Crippen LogP contribution in [0.2, 0.25) is 0 Å². The van der Waals surface area contributed by atoms with Gasteiger partial charge in [0.05, 0.1) is 5.56 Å². The molecule has 2 aromatic carbocycles. The van der Waals surface area contributed by atoms with Crippen molar-refractivity contribution in [2.75, 3.05) is 0 Å². The van der Waals surface area contributed by atoms with Gasteiger partial charge >= 0.3 is 21.2 Å². The number of carbonyl (C=O) groups is 2. The number of hydrogen-bond acceptors (Lipinski definition) is 5. The summed E-state index contributed by atoms with van der Waals surface area (Å²) in [5.74, 6) is -1.09. The maximum absolute atomic E-state index is 11.8. The third-order valence-electron chi connectivity index (χ3n) is 2.43. The van der Waals surface area contributed by atoms with Gasteiger partial charge in [-0.1, -0.05) is 48.5 Å². The molecule has 0 fully saturated rings. The Balaban J connectivity index is 2.20. The quantitative estimate of drug-likeness (QED) is 0.791. The summed E-state index contributed by atoms with van der Waals surface area (Å²) < 4.78 is 27.8. The van der Waals surface area contributed by atoms with Crippen LogP contribution in [0.15, 0.2) is 60.7 Å². The summed E-state index contributed by atoms with van der Waals surface area (Å²) in [6, 6.07) is 14.9. The van der Waals surface area contributed by atoms with Crippen LogP contribution in [-0.4, -0.2) is 19.5 Å². The predicted molar refractivity (Wildman–Crippen MR) is 71.5 cm³/mol. The molecule has 0 saturated heterocycles. The largest absolute Gasteiger partial charge is 0.381 e. The highest BCUT2D eigenvalue weighted by atomic mass is 32.2. The summed E-state index contributed by atoms with van der Waals surface area (Å²) in [5.41, 5.74) is -0.00898. The Labute approximate surface area is 115 Å². The molecular formula is C14H10O5S. The Hall–Kier alpha value is -2.47. The molecule has 20 heavy (non-hydrogen) atoms. The van der Waals surface area contributed by atoms with E-state index in [1.165, 1.54) is 36.4 Å². The van der Waals surface area contributed by atoms with Crippen LogP contribution < -0.4 is 0 Å². The molecule has 0 heterocycles. The zero-order chi connectivity index (χ0) is 14.6. The second-order valence-corrected chi connectivity index (χ2v) is 5.29. The van der Waals surface area contributed by atoms with E-state index < -0.39 is 21.2 Å². The van der Waals surface area contributed by atoms with E-state index in [9.17, 15) is 18.0 Å². The maximum atomic E-state index is 11.8. The Morgan fingerprint density at radius 2 is 1.20 bits per heavy atom. The van der Waals surface area contributed by atoms with E-state index >= 15 is 0 Å². The third kappa shape index (κ3) is 3.10. The molecule has 0 unspecified atom stereocenters. The van der Waals surface area contributed by atoms with Crippen molar-refractivity contribution in [3.8, 4) is 0 Å². The summed E-state index contributed by atoms with van der Waals surface area (Å²) in [7, 11) is -4.65. The van der Waals surface area contributed by atoms with E-state index in [2.05, 4.69) is 4.18 Å². The SMILES string of the molecule is O=C(OS(=O)(=O)C(=O)c1ccccc1)c1ccccc1. The average molecular weight is 290 g/mol. The van der Waals surface area contributed by atoms with Gasteiger partial charge in [0.2, 0.25) is 0 Å². The average Bonchev–Trinajstić information content (AvgIpc) is 2.48. The molecule has 5 nitrogen and oxygen atoms in total. The summed E-state index contributed by atoms with van der Waals surface area (Å²) >= 11 is 0. The normalized spacial score (nSPS) is 10.8. The highest BCUT2D eigenvalue weighted by molar-refractivity contribution is 8.02. The molecule has 0 bridgehead atoms. The van der Waals surface area contributed by atoms with Gasteiger partial charge in [0, 0.05) is 5.56 Å². The van der Waals surface area contributed by atoms with Crippen LogP contribution in [0.4, 0.5) is 0 Å². The molecule has 0 spiro atoms. The summed E-state index contributed by atoms with van der Waals surface area (Å²) in [6.07, 6.45) is 0. The molecule has 0 aliphatic rings. The number of rotatable bonds is 2. The van der Waals surface area contributed by atoms with Crippen LogP contribution in [0, 0.1) is 0 Å². The van der Waals surface area contributed by atoms with Crippen molar-refractivity contribution < 1.29 is 22.2 Å². The maximum Gasteiger partial charge on any atom is 0.381 e. The number of hydrogen-bond donors (Lipinski definition) is 0. The van der Waals surface area contributed by atoms with Crippen LogP contribution in [0.5, 0.6) is 0 Å². The van der Waals surface area contributed by atoms with Crippen LogP contribution in [0.3, 0.4) is 0 Å². The van der Waals surface area contributed by atoms with Crippen molar-refractivity contribution in [3.05, 3.63) is 71.8 Å². The lowest BCUT2D eigenvalue weighted by Crippen LogP contribution is -2.21. The van der Waals surface area contributed by atoms with Crippen molar-refractivity contribution in [2.45, 2.75) is 0 Å². The van der Waals surface area contributed by atoms with Gasteiger partial charge in [-0.05, 0) is 12.1 Å². The predicted octanol–water partition coefficient (Wildman–Crippen LogP) is 2.01. The van der Waals surface area contributed by atoms with Crippen LogP contribution in [0.25, 0.3) is 0 Å². The molecule has 6 heteroatoms. The van der Waals surface area contributed by atoms with Gasteiger partial charge in [0.25, 0.3) is 0 Å². The van der Waals surface area contributed by atoms with E-state index in [1.807, 2.05) is 0 Å². The van der Waals surface area contributed by atoms with Crippen molar-refractivity contribution in [2.24, 2.45) is 0 Å². The molecule has 0 atom stereocenters. The first-order valence-corrected chi connectivity index (χ1v) is 7.05. The topological polar surface area (TPSA) is 77.5 Å². The van der Waals surface area contributed by atoms with Gasteiger partial charge in [-0.15, -0.1) is 0 Å². The Morgan fingerprint density at radius 1 is 0.750 bits per heavy atom. The minimum absolute atomic E-state index is 0.0527. The summed E-state index contributed by atoms with van der Waals surface area (Å²) in [5, 5.41) is -1.25. The van der Waals surface area contributed by atoms with Gasteiger partial charge in [0.1, 0.15) is 0 Å². The van der Waals surface area contributed by atoms with Gasteiger partial charge in [-0.2, -0.15) is 8.42 Å². The van der Waals surface area contributed by atoms with Crippen LogP contribution in [0.1, 0.15) is 20.7 Å². The van der Waals surface area contributed by atoms with Gasteiger partial charge in [-0.3, -0.25) is 4.79 Å². The van der Waals surface area contributed by atoms with Crippen molar-refractivity contribution >= 4 is 21.2 Å². The molecule has 0 aliphatic carbocycles. The van der Waals surface area contributed by atoms with Crippen molar-refractivity contribution in [1.82, 2.24) is 0 Å². The number of carbonyl (C=O) groups excluding carboxylic acids is 2. The van der Waals surface area contributed by atoms with E-state index in [0.717, 1.165) is 0 Å². The highest BCUT2D eigenvalue weighted by Gasteiger charge is 2.28. The molecular weight excluding hydrogens is 280 g/mol. The fourth-order valence-electron chi connectivity index (χ4n) is 1.48. The molecule has 2 rings (SSSR count). The second-order valence-electron chi connectivity index (χ2n) is 3.84. The minimum atomic E-state index is -4.65. The Kier molecular flexibility index (Phi) is 3.95. The zero-order valence-electron chi connectivity index (χ0n) is 10.2. The van der Waals surface area contributed by atoms with Gasteiger partial charge in [0.15, 0.2) is 0 Å². The lowest BCUT2D eigenvalue weighted by atomic mass is 10.2. The van der Waals surface area contributed by atoms with Gasteiger partial charge in [-0.25, -0.2) is 4.79 Å². The molecule has 0 N–H and O–H groups in total. The second kappa shape index (κ2) is 5.66. The lowest BCUT2D eigenvalue weighted by Gasteiger charge is -2.04.